The summed E-state index contributed by atoms with van der Waals surface area (Å²) in [5, 5.41) is 8.39. The number of nitrogens with one attached hydrogen (secondary N) is 4. The molecule has 1 fully saturated rings. The van der Waals surface area contributed by atoms with Gasteiger partial charge in [0.15, 0.2) is 0 Å². The van der Waals surface area contributed by atoms with Gasteiger partial charge in [-0.15, -0.1) is 0 Å². The molecule has 1 saturated carbocycles. The van der Waals surface area contributed by atoms with Crippen LogP contribution < -0.4 is 25.9 Å². The fraction of sp³-hybridized carbons (Fsp3) is 0.318. The largest absolute Gasteiger partial charge is 0.382 e. The second kappa shape index (κ2) is 10.00. The molecule has 6 N–H and O–H groups in total. The van der Waals surface area contributed by atoms with Gasteiger partial charge < -0.3 is 25.5 Å². The van der Waals surface area contributed by atoms with Gasteiger partial charge in [-0.3, -0.25) is 10.1 Å². The van der Waals surface area contributed by atoms with Crippen molar-refractivity contribution in [1.82, 2.24) is 15.3 Å². The van der Waals surface area contributed by atoms with Gasteiger partial charge in [-0.25, -0.2) is 9.78 Å². The van der Waals surface area contributed by atoms with E-state index in [1.54, 1.807) is 18.2 Å². The lowest BCUT2D eigenvalue weighted by molar-refractivity contribution is -0.117. The summed E-state index contributed by atoms with van der Waals surface area (Å²) in [7, 11) is -4.04. The van der Waals surface area contributed by atoms with Gasteiger partial charge in [0.05, 0.1) is 11.0 Å². The zero-order valence-corrected chi connectivity index (χ0v) is 19.2. The maximum atomic E-state index is 12.7. The number of amides is 3. The number of fused-ring (bicyclic) bond motifs is 1. The maximum absolute atomic E-state index is 12.7. The van der Waals surface area contributed by atoms with Crippen LogP contribution in [-0.4, -0.2) is 42.9 Å². The van der Waals surface area contributed by atoms with Crippen molar-refractivity contribution in [2.45, 2.75) is 43.0 Å². The Hall–Kier alpha value is -3.80. The third-order valence-corrected chi connectivity index (χ3v) is 6.68. The highest BCUT2D eigenvalue weighted by atomic mass is 32.2. The van der Waals surface area contributed by atoms with Crippen molar-refractivity contribution in [3.8, 4) is 5.75 Å². The van der Waals surface area contributed by atoms with Crippen LogP contribution in [-0.2, 0) is 14.9 Å². The van der Waals surface area contributed by atoms with Crippen molar-refractivity contribution >= 4 is 44.7 Å². The molecule has 0 bridgehead atoms. The number of aromatic amines is 1. The lowest BCUT2D eigenvalue weighted by Gasteiger charge is -2.14. The number of nitrogens with zero attached hydrogens (tertiary/aromatic N) is 1. The molecule has 11 nitrogen and oxygen atoms in total. The molecule has 12 heteroatoms. The fourth-order valence-electron chi connectivity index (χ4n) is 3.75. The van der Waals surface area contributed by atoms with Crippen LogP contribution in [0.15, 0.2) is 47.4 Å². The number of imidazole rings is 1. The Labute approximate surface area is 196 Å². The second-order valence-corrected chi connectivity index (χ2v) is 9.60. The van der Waals surface area contributed by atoms with Crippen LogP contribution in [0.5, 0.6) is 5.75 Å². The van der Waals surface area contributed by atoms with E-state index < -0.39 is 22.1 Å². The van der Waals surface area contributed by atoms with Crippen LogP contribution in [0.3, 0.4) is 0 Å². The quantitative estimate of drug-likeness (QED) is 0.290. The second-order valence-electron chi connectivity index (χ2n) is 8.05. The van der Waals surface area contributed by atoms with Gasteiger partial charge >= 0.3 is 16.1 Å². The van der Waals surface area contributed by atoms with Crippen LogP contribution in [0.2, 0.25) is 0 Å². The molecule has 1 heterocycles. The summed E-state index contributed by atoms with van der Waals surface area (Å²) < 4.78 is 30.7. The normalized spacial score (nSPS) is 14.1. The van der Waals surface area contributed by atoms with Crippen LogP contribution in [0.25, 0.3) is 11.0 Å². The number of aromatic nitrogens is 2. The van der Waals surface area contributed by atoms with Crippen LogP contribution >= 0.6 is 0 Å². The molecule has 180 valence electrons. The number of hydrogen-bond acceptors (Lipinski definition) is 7. The van der Waals surface area contributed by atoms with Gasteiger partial charge in [-0.05, 0) is 49.2 Å². The molecular formula is C22H26N6O5S. The first-order valence-corrected chi connectivity index (χ1v) is 12.3. The third kappa shape index (κ3) is 5.95. The van der Waals surface area contributed by atoms with E-state index in [1.807, 2.05) is 0 Å². The molecular weight excluding hydrogens is 460 g/mol. The van der Waals surface area contributed by atoms with Gasteiger partial charge in [-0.1, -0.05) is 12.8 Å². The number of H-pyrrole nitrogens is 1. The smallest absolute Gasteiger partial charge is 0.339 e. The predicted molar refractivity (Wildman–Crippen MR) is 127 cm³/mol. The van der Waals surface area contributed by atoms with Crippen molar-refractivity contribution in [3.05, 3.63) is 42.5 Å². The van der Waals surface area contributed by atoms with Gasteiger partial charge in [-0.2, -0.15) is 8.42 Å². The van der Waals surface area contributed by atoms with Crippen LogP contribution in [0.1, 0.15) is 32.1 Å². The molecule has 0 aliphatic heterocycles. The molecule has 0 unspecified atom stereocenters. The average Bonchev–Trinajstić information content (AvgIpc) is 3.42. The fourth-order valence-corrected chi connectivity index (χ4v) is 4.67. The van der Waals surface area contributed by atoms with Gasteiger partial charge in [0.25, 0.3) is 0 Å². The van der Waals surface area contributed by atoms with Crippen molar-refractivity contribution < 1.29 is 22.2 Å². The van der Waals surface area contributed by atoms with Gasteiger partial charge in [0.1, 0.15) is 10.6 Å². The van der Waals surface area contributed by atoms with E-state index in [4.69, 9.17) is 9.92 Å². The number of anilines is 2. The van der Waals surface area contributed by atoms with Crippen molar-refractivity contribution in [2.24, 2.45) is 5.73 Å². The van der Waals surface area contributed by atoms with Crippen molar-refractivity contribution in [2.75, 3.05) is 17.2 Å². The number of carbonyl (C=O) groups excluding carboxylic acids is 2. The highest BCUT2D eigenvalue weighted by Gasteiger charge is 2.19. The Balaban J connectivity index is 1.40. The van der Waals surface area contributed by atoms with E-state index in [0.29, 0.717) is 17.1 Å². The van der Waals surface area contributed by atoms with E-state index in [9.17, 15) is 18.0 Å². The molecule has 0 atom stereocenters. The summed E-state index contributed by atoms with van der Waals surface area (Å²) in [4.78, 5) is 29.7. The number of urea groups is 1. The van der Waals surface area contributed by atoms with E-state index in [2.05, 4.69) is 25.9 Å². The molecule has 0 radical (unpaired) electrons. The van der Waals surface area contributed by atoms with Crippen molar-refractivity contribution in [3.63, 3.8) is 0 Å². The molecule has 34 heavy (non-hydrogen) atoms. The molecule has 1 aliphatic rings. The van der Waals surface area contributed by atoms with E-state index in [-0.39, 0.29) is 29.6 Å². The topological polar surface area (TPSA) is 168 Å². The lowest BCUT2D eigenvalue weighted by atomic mass is 10.2. The summed E-state index contributed by atoms with van der Waals surface area (Å²) >= 11 is 0. The monoisotopic (exact) mass is 486 g/mol. The number of rotatable bonds is 9. The van der Waals surface area contributed by atoms with Gasteiger partial charge in [0.2, 0.25) is 11.9 Å². The minimum absolute atomic E-state index is 0.0163. The Morgan fingerprint density at radius 2 is 1.85 bits per heavy atom. The molecule has 1 aliphatic carbocycles. The molecule has 2 aromatic carbocycles. The summed E-state index contributed by atoms with van der Waals surface area (Å²) in [5.41, 5.74) is 6.87. The maximum Gasteiger partial charge on any atom is 0.339 e. The first kappa shape index (κ1) is 23.4. The first-order chi connectivity index (χ1) is 16.3. The Kier molecular flexibility index (Phi) is 6.87. The van der Waals surface area contributed by atoms with E-state index in [0.717, 1.165) is 18.5 Å². The summed E-state index contributed by atoms with van der Waals surface area (Å²) in [6, 6.07) is 10.9. The van der Waals surface area contributed by atoms with Crippen LogP contribution in [0.4, 0.5) is 16.4 Å². The molecule has 1 aromatic heterocycles. The number of hydrogen-bond donors (Lipinski definition) is 5. The molecule has 0 saturated heterocycles. The third-order valence-electron chi connectivity index (χ3n) is 5.42. The SMILES string of the molecule is NC(=O)CCNC(=O)Nc1nc2cc(OS(=O)(=O)c3ccc(NC4CCCC4)cc3)ccc2[nH]1. The molecule has 3 aromatic rings. The van der Waals surface area contributed by atoms with Crippen molar-refractivity contribution in [1.29, 1.82) is 0 Å². The predicted octanol–water partition coefficient (Wildman–Crippen LogP) is 2.68. The highest BCUT2D eigenvalue weighted by molar-refractivity contribution is 7.87. The first-order valence-electron chi connectivity index (χ1n) is 10.9. The van der Waals surface area contributed by atoms with Crippen LogP contribution in [0, 0.1) is 0 Å². The van der Waals surface area contributed by atoms with E-state index >= 15 is 0 Å². The Morgan fingerprint density at radius 1 is 1.12 bits per heavy atom. The van der Waals surface area contributed by atoms with E-state index in [1.165, 1.54) is 37.1 Å². The summed E-state index contributed by atoms with van der Waals surface area (Å²) in [6.07, 6.45) is 4.68. The zero-order valence-electron chi connectivity index (χ0n) is 18.3. The van der Waals surface area contributed by atoms with Gasteiger partial charge in [0, 0.05) is 30.8 Å². The number of benzene rings is 2. The standard InChI is InChI=1S/C22H26N6O5S/c23-20(29)11-12-24-22(30)28-21-26-18-10-7-16(13-19(18)27-21)33-34(31,32)17-8-5-15(6-9-17)25-14-3-1-2-4-14/h5-10,13-14,25H,1-4,11-12H2,(H2,23,29)(H3,24,26,27,28,30). The lowest BCUT2D eigenvalue weighted by Crippen LogP contribution is -2.32. The number of primary amides is 1. The Morgan fingerprint density at radius 3 is 2.56 bits per heavy atom. The minimum atomic E-state index is -4.04. The average molecular weight is 487 g/mol. The summed E-state index contributed by atoms with van der Waals surface area (Å²) in [5.74, 6) is -0.287. The molecule has 4 rings (SSSR count). The molecule has 0 spiro atoms. The minimum Gasteiger partial charge on any atom is -0.382 e. The summed E-state index contributed by atoms with van der Waals surface area (Å²) in [6.45, 7) is 0.0921. The Bertz CT molecular complexity index is 1280. The number of carbonyl (C=O) groups is 2. The highest BCUT2D eigenvalue weighted by Crippen LogP contribution is 2.26. The number of nitrogens with two attached hydrogens (primary N) is 1. The molecule has 3 amide bonds. The zero-order chi connectivity index (χ0) is 24.1.